The lowest BCUT2D eigenvalue weighted by molar-refractivity contribution is 0.284. The van der Waals surface area contributed by atoms with Crippen LogP contribution in [0.1, 0.15) is 6.42 Å². The van der Waals surface area contributed by atoms with E-state index in [2.05, 4.69) is 4.90 Å². The normalized spacial score (nSPS) is 11.1. The number of ether oxygens (including phenoxy) is 1. The third-order valence-electron chi connectivity index (χ3n) is 2.62. The molecule has 0 atom stereocenters. The van der Waals surface area contributed by atoms with Crippen molar-refractivity contribution in [3.8, 4) is 5.75 Å². The van der Waals surface area contributed by atoms with Crippen LogP contribution in [0.3, 0.4) is 0 Å². The molecule has 2 rings (SSSR count). The molecule has 0 spiro atoms. The molecule has 3 nitrogen and oxygen atoms in total. The van der Waals surface area contributed by atoms with E-state index in [1.807, 2.05) is 38.4 Å². The maximum atomic E-state index is 11.6. The largest absolute Gasteiger partial charge is 0.493 e. The average Bonchev–Trinajstić information content (AvgIpc) is 2.34. The summed E-state index contributed by atoms with van der Waals surface area (Å²) < 4.78 is 6.75. The summed E-state index contributed by atoms with van der Waals surface area (Å²) in [6, 6.07) is 9.43. The van der Waals surface area contributed by atoms with Crippen LogP contribution in [-0.2, 0) is 0 Å². The molecule has 0 N–H and O–H groups in total. The maximum Gasteiger partial charge on any atom is 0.236 e. The second-order valence-electron chi connectivity index (χ2n) is 4.43. The van der Waals surface area contributed by atoms with Gasteiger partial charge in [-0.3, -0.25) is 4.79 Å². The first-order valence-electron chi connectivity index (χ1n) is 5.97. The topological polar surface area (TPSA) is 29.5 Å². The Balaban J connectivity index is 2.14. The average molecular weight is 263 g/mol. The minimum absolute atomic E-state index is 0.0382. The molecule has 0 fully saturated rings. The van der Waals surface area contributed by atoms with E-state index < -0.39 is 0 Å². The second-order valence-corrected chi connectivity index (χ2v) is 5.48. The molecule has 96 valence electrons. The van der Waals surface area contributed by atoms with Crippen molar-refractivity contribution in [2.75, 3.05) is 27.2 Å². The van der Waals surface area contributed by atoms with Gasteiger partial charge < -0.3 is 9.64 Å². The van der Waals surface area contributed by atoms with Gasteiger partial charge in [0.1, 0.15) is 5.75 Å². The van der Waals surface area contributed by atoms with Crippen LogP contribution in [0.4, 0.5) is 0 Å². The first kappa shape index (κ1) is 13.1. The molecule has 4 heteroatoms. The molecule has 1 heterocycles. The van der Waals surface area contributed by atoms with Gasteiger partial charge in [-0.25, -0.2) is 0 Å². The van der Waals surface area contributed by atoms with Crippen LogP contribution in [0.25, 0.3) is 10.1 Å². The third kappa shape index (κ3) is 3.31. The van der Waals surface area contributed by atoms with Crippen LogP contribution in [0.5, 0.6) is 5.75 Å². The van der Waals surface area contributed by atoms with Gasteiger partial charge in [0.2, 0.25) is 4.74 Å². The summed E-state index contributed by atoms with van der Waals surface area (Å²) in [7, 11) is 4.07. The molecule has 0 aliphatic rings. The Hall–Kier alpha value is -1.39. The molecule has 2 aromatic rings. The van der Waals surface area contributed by atoms with Crippen LogP contribution in [0, 0.1) is 0 Å². The van der Waals surface area contributed by atoms with E-state index in [0.717, 1.165) is 23.1 Å². The fourth-order valence-electron chi connectivity index (χ4n) is 1.76. The smallest absolute Gasteiger partial charge is 0.236 e. The number of hydrogen-bond donors (Lipinski definition) is 0. The van der Waals surface area contributed by atoms with Crippen molar-refractivity contribution in [1.29, 1.82) is 0 Å². The zero-order valence-corrected chi connectivity index (χ0v) is 11.5. The van der Waals surface area contributed by atoms with Crippen molar-refractivity contribution in [3.63, 3.8) is 0 Å². The Morgan fingerprint density at radius 2 is 2.06 bits per heavy atom. The highest BCUT2D eigenvalue weighted by Gasteiger charge is 2.04. The minimum atomic E-state index is 0.0382. The van der Waals surface area contributed by atoms with E-state index in [0.29, 0.717) is 12.4 Å². The van der Waals surface area contributed by atoms with Gasteiger partial charge >= 0.3 is 0 Å². The molecule has 0 aliphatic heterocycles. The maximum absolute atomic E-state index is 11.6. The Morgan fingerprint density at radius 3 is 2.83 bits per heavy atom. The molecule has 0 saturated heterocycles. The number of rotatable bonds is 5. The SMILES string of the molecule is CN(C)CCCOc1cc(=O)sc2ccccc12. The molecule has 0 aliphatic carbocycles. The fraction of sp³-hybridized carbons (Fsp3) is 0.357. The molecule has 0 radical (unpaired) electrons. The lowest BCUT2D eigenvalue weighted by atomic mass is 10.2. The quantitative estimate of drug-likeness (QED) is 0.777. The fourth-order valence-corrected chi connectivity index (χ4v) is 2.57. The zero-order valence-electron chi connectivity index (χ0n) is 10.7. The van der Waals surface area contributed by atoms with Crippen LogP contribution < -0.4 is 9.48 Å². The number of benzene rings is 1. The minimum Gasteiger partial charge on any atom is -0.493 e. The van der Waals surface area contributed by atoms with E-state index in [1.54, 1.807) is 6.07 Å². The number of nitrogens with zero attached hydrogens (tertiary/aromatic N) is 1. The van der Waals surface area contributed by atoms with Crippen LogP contribution in [0.15, 0.2) is 35.1 Å². The van der Waals surface area contributed by atoms with E-state index >= 15 is 0 Å². The molecular formula is C14H17NO2S. The third-order valence-corrected chi connectivity index (χ3v) is 3.51. The second kappa shape index (κ2) is 5.98. The van der Waals surface area contributed by atoms with Gasteiger partial charge in [-0.1, -0.05) is 23.5 Å². The molecule has 1 aromatic carbocycles. The van der Waals surface area contributed by atoms with Crippen molar-refractivity contribution >= 4 is 21.4 Å². The van der Waals surface area contributed by atoms with Crippen molar-refractivity contribution < 1.29 is 4.74 Å². The van der Waals surface area contributed by atoms with Gasteiger partial charge in [0.05, 0.1) is 6.61 Å². The van der Waals surface area contributed by atoms with Crippen molar-refractivity contribution in [3.05, 3.63) is 39.9 Å². The molecule has 0 saturated carbocycles. The predicted molar refractivity (Wildman–Crippen MR) is 76.8 cm³/mol. The van der Waals surface area contributed by atoms with E-state index in [9.17, 15) is 4.79 Å². The van der Waals surface area contributed by atoms with Gasteiger partial charge in [-0.15, -0.1) is 0 Å². The molecule has 0 amide bonds. The highest BCUT2D eigenvalue weighted by molar-refractivity contribution is 7.16. The highest BCUT2D eigenvalue weighted by atomic mass is 32.1. The molecule has 18 heavy (non-hydrogen) atoms. The summed E-state index contributed by atoms with van der Waals surface area (Å²) in [4.78, 5) is 13.7. The van der Waals surface area contributed by atoms with Gasteiger partial charge in [0.15, 0.2) is 0 Å². The molecule has 0 unspecified atom stereocenters. The Kier molecular flexibility index (Phi) is 4.33. The molecular weight excluding hydrogens is 246 g/mol. The number of fused-ring (bicyclic) bond motifs is 1. The lowest BCUT2D eigenvalue weighted by Crippen LogP contribution is -2.15. The van der Waals surface area contributed by atoms with Crippen molar-refractivity contribution in [2.24, 2.45) is 0 Å². The van der Waals surface area contributed by atoms with Gasteiger partial charge in [0.25, 0.3) is 0 Å². The summed E-state index contributed by atoms with van der Waals surface area (Å²) in [5.41, 5.74) is 0. The Bertz CT molecular complexity index is 577. The summed E-state index contributed by atoms with van der Waals surface area (Å²) in [6.07, 6.45) is 0.952. The highest BCUT2D eigenvalue weighted by Crippen LogP contribution is 2.25. The zero-order chi connectivity index (χ0) is 13.0. The Morgan fingerprint density at radius 1 is 1.28 bits per heavy atom. The van der Waals surface area contributed by atoms with Crippen LogP contribution in [0.2, 0.25) is 0 Å². The Labute approximate surface area is 111 Å². The van der Waals surface area contributed by atoms with Gasteiger partial charge in [-0.2, -0.15) is 0 Å². The predicted octanol–water partition coefficient (Wildman–Crippen LogP) is 2.59. The summed E-state index contributed by atoms with van der Waals surface area (Å²) >= 11 is 1.26. The van der Waals surface area contributed by atoms with Gasteiger partial charge in [0, 0.05) is 22.7 Å². The molecule has 0 bridgehead atoms. The van der Waals surface area contributed by atoms with E-state index in [4.69, 9.17) is 4.74 Å². The van der Waals surface area contributed by atoms with Crippen molar-refractivity contribution in [2.45, 2.75) is 6.42 Å². The monoisotopic (exact) mass is 263 g/mol. The number of hydrogen-bond acceptors (Lipinski definition) is 4. The van der Waals surface area contributed by atoms with Crippen LogP contribution >= 0.6 is 11.3 Å². The van der Waals surface area contributed by atoms with E-state index in [1.165, 1.54) is 11.3 Å². The summed E-state index contributed by atoms with van der Waals surface area (Å²) in [5, 5.41) is 1.02. The van der Waals surface area contributed by atoms with Crippen LogP contribution in [-0.4, -0.2) is 32.1 Å². The first-order valence-corrected chi connectivity index (χ1v) is 6.79. The standard InChI is InChI=1S/C14H17NO2S/c1-15(2)8-5-9-17-12-10-14(16)18-13-7-4-3-6-11(12)13/h3-4,6-7,10H,5,8-9H2,1-2H3. The summed E-state index contributed by atoms with van der Waals surface area (Å²) in [6.45, 7) is 1.62. The van der Waals surface area contributed by atoms with Gasteiger partial charge in [-0.05, 0) is 32.6 Å². The summed E-state index contributed by atoms with van der Waals surface area (Å²) in [5.74, 6) is 0.702. The first-order chi connectivity index (χ1) is 8.66. The lowest BCUT2D eigenvalue weighted by Gasteiger charge is -2.11. The molecule has 1 aromatic heterocycles. The van der Waals surface area contributed by atoms with E-state index in [-0.39, 0.29) is 4.74 Å². The van der Waals surface area contributed by atoms with Crippen molar-refractivity contribution in [1.82, 2.24) is 4.90 Å².